The van der Waals surface area contributed by atoms with E-state index in [1.165, 1.54) is 0 Å². The van der Waals surface area contributed by atoms with E-state index in [1.807, 2.05) is 42.3 Å². The Morgan fingerprint density at radius 2 is 1.94 bits per heavy atom. The van der Waals surface area contributed by atoms with Crippen LogP contribution < -0.4 is 9.47 Å². The van der Waals surface area contributed by atoms with E-state index in [-0.39, 0.29) is 6.09 Å². The van der Waals surface area contributed by atoms with Gasteiger partial charge in [-0.3, -0.25) is 9.88 Å². The molecule has 2 aliphatic rings. The normalized spacial score (nSPS) is 17.1. The highest BCUT2D eigenvalue weighted by molar-refractivity contribution is 5.84. The Kier molecular flexibility index (Phi) is 6.54. The fraction of sp³-hybridized carbons (Fsp3) is 0.407. The number of rotatable bonds is 4. The highest BCUT2D eigenvalue weighted by Gasteiger charge is 2.30. The number of carbonyl (C=O) groups excluding carboxylic acids is 1. The molecule has 0 aliphatic carbocycles. The van der Waals surface area contributed by atoms with Crippen LogP contribution in [0.4, 0.5) is 4.79 Å². The first-order valence-corrected chi connectivity index (χ1v) is 12.0. The molecule has 0 atom stereocenters. The highest BCUT2D eigenvalue weighted by atomic mass is 16.6. The van der Waals surface area contributed by atoms with Gasteiger partial charge in [0.2, 0.25) is 0 Å². The van der Waals surface area contributed by atoms with Gasteiger partial charge < -0.3 is 19.1 Å². The lowest BCUT2D eigenvalue weighted by atomic mass is 9.99. The molecule has 1 amide bonds. The molecule has 7 nitrogen and oxygen atoms in total. The second-order valence-electron chi connectivity index (χ2n) is 8.82. The van der Waals surface area contributed by atoms with Gasteiger partial charge in [0.15, 0.2) is 11.5 Å². The smallest absolute Gasteiger partial charge is 0.409 e. The summed E-state index contributed by atoms with van der Waals surface area (Å²) in [4.78, 5) is 21.0. The van der Waals surface area contributed by atoms with E-state index in [0.717, 1.165) is 78.1 Å². The van der Waals surface area contributed by atoms with E-state index in [1.54, 1.807) is 7.11 Å². The molecule has 178 valence electrons. The zero-order valence-electron chi connectivity index (χ0n) is 19.8. The Labute approximate surface area is 200 Å². The first-order chi connectivity index (χ1) is 16.7. The molecule has 1 aromatic heterocycles. The summed E-state index contributed by atoms with van der Waals surface area (Å²) in [6, 6.07) is 15.0. The van der Waals surface area contributed by atoms with Gasteiger partial charge in [-0.1, -0.05) is 18.2 Å². The minimum Gasteiger partial charge on any atom is -0.493 e. The molecule has 5 rings (SSSR count). The minimum absolute atomic E-state index is 0.205. The lowest BCUT2D eigenvalue weighted by molar-refractivity contribution is 0.0704. The Balaban J connectivity index is 1.39. The maximum atomic E-state index is 12.1. The summed E-state index contributed by atoms with van der Waals surface area (Å²) in [5, 5.41) is 1.11. The number of hydrogen-bond donors (Lipinski definition) is 0. The summed E-state index contributed by atoms with van der Waals surface area (Å²) in [6.07, 6.45) is 3.58. The average molecular weight is 462 g/mol. The summed E-state index contributed by atoms with van der Waals surface area (Å²) >= 11 is 0. The van der Waals surface area contributed by atoms with Crippen molar-refractivity contribution in [3.63, 3.8) is 0 Å². The second kappa shape index (κ2) is 9.89. The number of carbonyl (C=O) groups is 1. The van der Waals surface area contributed by atoms with Gasteiger partial charge in [0, 0.05) is 54.9 Å². The fourth-order valence-electron chi connectivity index (χ4n) is 4.99. The van der Waals surface area contributed by atoms with Crippen LogP contribution in [0, 0.1) is 0 Å². The van der Waals surface area contributed by atoms with Gasteiger partial charge >= 0.3 is 6.09 Å². The molecule has 3 heterocycles. The molecule has 2 aromatic carbocycles. The largest absolute Gasteiger partial charge is 0.493 e. The van der Waals surface area contributed by atoms with E-state index in [2.05, 4.69) is 28.1 Å². The molecule has 0 spiro atoms. The summed E-state index contributed by atoms with van der Waals surface area (Å²) in [6.45, 7) is 5.93. The zero-order valence-corrected chi connectivity index (χ0v) is 19.8. The Bertz CT molecular complexity index is 1170. The van der Waals surface area contributed by atoms with E-state index in [4.69, 9.17) is 14.2 Å². The van der Waals surface area contributed by atoms with Crippen LogP contribution in [0.5, 0.6) is 11.5 Å². The predicted octanol–water partition coefficient (Wildman–Crippen LogP) is 4.73. The standard InChI is InChI=1S/C27H31N3O4/c1-3-33-27(31)29-10-8-23(9-11-29)30-12-13-34-26-22(18-30)15-20(16-25(26)32-2)21-14-19-6-4-5-7-24(19)28-17-21/h4-7,14-17,23H,3,8-13,18H2,1-2H3. The number of methoxy groups -OCH3 is 1. The van der Waals surface area contributed by atoms with E-state index >= 15 is 0 Å². The number of likely N-dealkylation sites (tertiary alicyclic amines) is 1. The molecule has 0 unspecified atom stereocenters. The number of amides is 1. The maximum Gasteiger partial charge on any atom is 0.409 e. The van der Waals surface area contributed by atoms with Crippen LogP contribution in [0.25, 0.3) is 22.0 Å². The minimum atomic E-state index is -0.205. The van der Waals surface area contributed by atoms with Crippen molar-refractivity contribution in [2.75, 3.05) is 40.0 Å². The lowest BCUT2D eigenvalue weighted by Crippen LogP contribution is -2.47. The molecule has 0 N–H and O–H groups in total. The number of aromatic nitrogens is 1. The van der Waals surface area contributed by atoms with Crippen molar-refractivity contribution in [3.05, 3.63) is 54.2 Å². The molecule has 0 radical (unpaired) electrons. The maximum absolute atomic E-state index is 12.1. The van der Waals surface area contributed by atoms with E-state index in [0.29, 0.717) is 19.3 Å². The fourth-order valence-corrected chi connectivity index (χ4v) is 4.99. The quantitative estimate of drug-likeness (QED) is 0.560. The molecule has 7 heteroatoms. The van der Waals surface area contributed by atoms with Gasteiger partial charge in [-0.2, -0.15) is 0 Å². The molecule has 1 fully saturated rings. The molecule has 1 saturated heterocycles. The molecular weight excluding hydrogens is 430 g/mol. The van der Waals surface area contributed by atoms with Crippen LogP contribution in [-0.4, -0.2) is 66.9 Å². The SMILES string of the molecule is CCOC(=O)N1CCC(N2CCOc3c(cc(-c4cnc5ccccc5c4)cc3OC)C2)CC1. The molecule has 0 saturated carbocycles. The van der Waals surface area contributed by atoms with Crippen LogP contribution in [0.2, 0.25) is 0 Å². The van der Waals surface area contributed by atoms with Gasteiger partial charge in [-0.05, 0) is 49.6 Å². The van der Waals surface area contributed by atoms with Gasteiger partial charge in [0.05, 0.1) is 19.2 Å². The molecule has 34 heavy (non-hydrogen) atoms. The number of ether oxygens (including phenoxy) is 3. The Morgan fingerprint density at radius 1 is 1.12 bits per heavy atom. The number of pyridine rings is 1. The van der Waals surface area contributed by atoms with Gasteiger partial charge in [-0.15, -0.1) is 0 Å². The topological polar surface area (TPSA) is 64.1 Å². The van der Waals surface area contributed by atoms with Crippen LogP contribution in [-0.2, 0) is 11.3 Å². The molecule has 2 aliphatic heterocycles. The summed E-state index contributed by atoms with van der Waals surface area (Å²) < 4.78 is 17.1. The number of piperidine rings is 1. The average Bonchev–Trinajstić information content (AvgIpc) is 3.10. The molecule has 0 bridgehead atoms. The third-order valence-corrected chi connectivity index (χ3v) is 6.78. The van der Waals surface area contributed by atoms with E-state index < -0.39 is 0 Å². The zero-order chi connectivity index (χ0) is 23.5. The van der Waals surface area contributed by atoms with Crippen molar-refractivity contribution in [2.24, 2.45) is 0 Å². The van der Waals surface area contributed by atoms with Gasteiger partial charge in [0.1, 0.15) is 6.61 Å². The van der Waals surface area contributed by atoms with Crippen LogP contribution in [0.3, 0.4) is 0 Å². The van der Waals surface area contributed by atoms with Crippen molar-refractivity contribution in [3.8, 4) is 22.6 Å². The number of hydrogen-bond acceptors (Lipinski definition) is 6. The van der Waals surface area contributed by atoms with Gasteiger partial charge in [0.25, 0.3) is 0 Å². The van der Waals surface area contributed by atoms with Crippen molar-refractivity contribution in [2.45, 2.75) is 32.4 Å². The second-order valence-corrected chi connectivity index (χ2v) is 8.82. The Morgan fingerprint density at radius 3 is 2.74 bits per heavy atom. The number of para-hydroxylation sites is 1. The molecule has 3 aromatic rings. The summed E-state index contributed by atoms with van der Waals surface area (Å²) in [7, 11) is 1.69. The predicted molar refractivity (Wildman–Crippen MR) is 131 cm³/mol. The lowest BCUT2D eigenvalue weighted by Gasteiger charge is -2.37. The highest BCUT2D eigenvalue weighted by Crippen LogP contribution is 2.39. The van der Waals surface area contributed by atoms with Crippen LogP contribution >= 0.6 is 0 Å². The van der Waals surface area contributed by atoms with Crippen molar-refractivity contribution in [1.29, 1.82) is 0 Å². The van der Waals surface area contributed by atoms with Gasteiger partial charge in [-0.25, -0.2) is 4.79 Å². The van der Waals surface area contributed by atoms with Crippen LogP contribution in [0.15, 0.2) is 48.7 Å². The van der Waals surface area contributed by atoms with E-state index in [9.17, 15) is 4.79 Å². The number of benzene rings is 2. The number of nitrogens with zero attached hydrogens (tertiary/aromatic N) is 3. The van der Waals surface area contributed by atoms with Crippen LogP contribution in [0.1, 0.15) is 25.3 Å². The Hall–Kier alpha value is -3.32. The first kappa shape index (κ1) is 22.5. The summed E-state index contributed by atoms with van der Waals surface area (Å²) in [5.41, 5.74) is 4.22. The van der Waals surface area contributed by atoms with Crippen molar-refractivity contribution < 1.29 is 19.0 Å². The summed E-state index contributed by atoms with van der Waals surface area (Å²) in [5.74, 6) is 1.58. The third-order valence-electron chi connectivity index (χ3n) is 6.78. The first-order valence-electron chi connectivity index (χ1n) is 12.0. The number of fused-ring (bicyclic) bond motifs is 2. The monoisotopic (exact) mass is 461 g/mol. The van der Waals surface area contributed by atoms with Crippen molar-refractivity contribution in [1.82, 2.24) is 14.8 Å². The molecular formula is C27H31N3O4. The third kappa shape index (κ3) is 4.53. The van der Waals surface area contributed by atoms with Crippen molar-refractivity contribution >= 4 is 17.0 Å².